The lowest BCUT2D eigenvalue weighted by Crippen LogP contribution is -2.35. The Bertz CT molecular complexity index is 419. The number of nitrogens with one attached hydrogen (secondary N) is 1. The predicted molar refractivity (Wildman–Crippen MR) is 74.8 cm³/mol. The van der Waals surface area contributed by atoms with E-state index in [1.807, 2.05) is 0 Å². The maximum absolute atomic E-state index is 4.68. The van der Waals surface area contributed by atoms with Crippen LogP contribution in [0.1, 0.15) is 57.7 Å². The van der Waals surface area contributed by atoms with Crippen molar-refractivity contribution in [3.63, 3.8) is 0 Å². The van der Waals surface area contributed by atoms with Crippen molar-refractivity contribution in [1.82, 2.24) is 9.55 Å². The number of hydrogen-bond donors (Lipinski definition) is 1. The third-order valence-corrected chi connectivity index (χ3v) is 4.81. The lowest BCUT2D eigenvalue weighted by molar-refractivity contribution is 0.252. The minimum Gasteiger partial charge on any atom is -0.353 e. The first kappa shape index (κ1) is 12.1. The molecule has 0 amide bonds. The molecule has 0 bridgehead atoms. The highest BCUT2D eigenvalue weighted by molar-refractivity contribution is 5.32. The van der Waals surface area contributed by atoms with E-state index in [-0.39, 0.29) is 0 Å². The van der Waals surface area contributed by atoms with Crippen molar-refractivity contribution < 1.29 is 0 Å². The van der Waals surface area contributed by atoms with Gasteiger partial charge in [-0.2, -0.15) is 0 Å². The number of hydrogen-bond acceptors (Lipinski definition) is 2. The maximum atomic E-state index is 4.68. The molecule has 3 atom stereocenters. The molecular weight excluding hydrogens is 222 g/mol. The summed E-state index contributed by atoms with van der Waals surface area (Å²) in [5.74, 6) is 2.70. The largest absolute Gasteiger partial charge is 0.353 e. The lowest BCUT2D eigenvalue weighted by Gasteiger charge is -2.35. The molecule has 1 N–H and O–H groups in total. The Morgan fingerprint density at radius 1 is 1.22 bits per heavy atom. The molecule has 2 aliphatic rings. The van der Waals surface area contributed by atoms with Gasteiger partial charge in [0.1, 0.15) is 0 Å². The predicted octanol–water partition coefficient (Wildman–Crippen LogP) is 3.76. The fourth-order valence-corrected chi connectivity index (χ4v) is 3.21. The zero-order valence-electron chi connectivity index (χ0n) is 11.8. The molecule has 2 aliphatic carbocycles. The molecule has 2 saturated carbocycles. The Kier molecular flexibility index (Phi) is 3.08. The van der Waals surface area contributed by atoms with E-state index in [9.17, 15) is 0 Å². The molecule has 0 radical (unpaired) electrons. The Balaban J connectivity index is 1.75. The van der Waals surface area contributed by atoms with E-state index in [1.54, 1.807) is 0 Å². The molecule has 3 unspecified atom stereocenters. The molecule has 18 heavy (non-hydrogen) atoms. The summed E-state index contributed by atoms with van der Waals surface area (Å²) < 4.78 is 2.36. The first-order valence-corrected chi connectivity index (χ1v) is 7.47. The lowest BCUT2D eigenvalue weighted by atomic mass is 9.78. The summed E-state index contributed by atoms with van der Waals surface area (Å²) in [7, 11) is 0. The summed E-state index contributed by atoms with van der Waals surface area (Å²) in [5.41, 5.74) is 1.14. The number of anilines is 1. The van der Waals surface area contributed by atoms with Crippen LogP contribution in [0.4, 0.5) is 5.95 Å². The molecule has 1 aromatic heterocycles. The molecule has 3 rings (SSSR count). The quantitative estimate of drug-likeness (QED) is 0.881. The van der Waals surface area contributed by atoms with Crippen molar-refractivity contribution in [2.24, 2.45) is 11.8 Å². The maximum Gasteiger partial charge on any atom is 0.203 e. The molecule has 0 aromatic carbocycles. The Morgan fingerprint density at radius 3 is 2.72 bits per heavy atom. The van der Waals surface area contributed by atoms with Crippen LogP contribution in [0.25, 0.3) is 0 Å². The Hall–Kier alpha value is -0.990. The molecule has 1 aromatic rings. The van der Waals surface area contributed by atoms with Gasteiger partial charge >= 0.3 is 0 Å². The van der Waals surface area contributed by atoms with Crippen LogP contribution < -0.4 is 5.32 Å². The molecule has 100 valence electrons. The van der Waals surface area contributed by atoms with Crippen molar-refractivity contribution >= 4 is 5.95 Å². The van der Waals surface area contributed by atoms with Crippen molar-refractivity contribution in [3.8, 4) is 0 Å². The highest BCUT2D eigenvalue weighted by Gasteiger charge is 2.30. The smallest absolute Gasteiger partial charge is 0.203 e. The summed E-state index contributed by atoms with van der Waals surface area (Å²) in [6.45, 7) is 6.87. The summed E-state index contributed by atoms with van der Waals surface area (Å²) >= 11 is 0. The third-order valence-electron chi connectivity index (χ3n) is 4.81. The van der Waals surface area contributed by atoms with E-state index in [1.165, 1.54) is 32.1 Å². The van der Waals surface area contributed by atoms with E-state index < -0.39 is 0 Å². The second-order valence-electron chi connectivity index (χ2n) is 6.36. The van der Waals surface area contributed by atoms with Gasteiger partial charge in [-0.3, -0.25) is 0 Å². The van der Waals surface area contributed by atoms with Gasteiger partial charge in [0, 0.05) is 18.3 Å². The molecule has 3 nitrogen and oxygen atoms in total. The second-order valence-corrected chi connectivity index (χ2v) is 6.36. The number of imidazole rings is 1. The molecule has 2 fully saturated rings. The van der Waals surface area contributed by atoms with Gasteiger partial charge in [0.15, 0.2) is 0 Å². The van der Waals surface area contributed by atoms with Crippen LogP contribution in [-0.2, 0) is 0 Å². The first-order chi connectivity index (χ1) is 8.65. The van der Waals surface area contributed by atoms with E-state index in [4.69, 9.17) is 0 Å². The van der Waals surface area contributed by atoms with Gasteiger partial charge in [0.05, 0.1) is 5.69 Å². The third kappa shape index (κ3) is 2.27. The molecule has 0 spiro atoms. The number of rotatable bonds is 3. The van der Waals surface area contributed by atoms with Crippen LogP contribution in [0.2, 0.25) is 0 Å². The normalized spacial score (nSPS) is 32.5. The van der Waals surface area contributed by atoms with E-state index >= 15 is 0 Å². The van der Waals surface area contributed by atoms with Gasteiger partial charge in [0.25, 0.3) is 0 Å². The average molecular weight is 247 g/mol. The highest BCUT2D eigenvalue weighted by atomic mass is 15.2. The van der Waals surface area contributed by atoms with Gasteiger partial charge in [-0.15, -0.1) is 0 Å². The van der Waals surface area contributed by atoms with Gasteiger partial charge < -0.3 is 9.88 Å². The van der Waals surface area contributed by atoms with E-state index in [0.717, 1.165) is 23.5 Å². The molecular formula is C15H25N3. The summed E-state index contributed by atoms with van der Waals surface area (Å²) in [5, 5.41) is 3.72. The fourth-order valence-electron chi connectivity index (χ4n) is 3.21. The summed E-state index contributed by atoms with van der Waals surface area (Å²) in [6.07, 6.45) is 8.88. The number of aryl methyl sites for hydroxylation is 1. The van der Waals surface area contributed by atoms with Crippen LogP contribution in [0.3, 0.4) is 0 Å². The van der Waals surface area contributed by atoms with Crippen LogP contribution in [0.15, 0.2) is 6.20 Å². The molecule has 3 heteroatoms. The standard InChI is InChI=1S/C15H25N3/c1-10-5-4-6-14(12(10)3)17-15-16-11(2)9-18(15)13-7-8-13/h9-10,12-14H,4-8H2,1-3H3,(H,16,17). The first-order valence-electron chi connectivity index (χ1n) is 7.47. The Morgan fingerprint density at radius 2 is 2.00 bits per heavy atom. The van der Waals surface area contributed by atoms with Gasteiger partial charge in [-0.05, 0) is 38.0 Å². The monoisotopic (exact) mass is 247 g/mol. The van der Waals surface area contributed by atoms with Gasteiger partial charge in [-0.1, -0.05) is 26.7 Å². The number of aromatic nitrogens is 2. The van der Waals surface area contributed by atoms with Gasteiger partial charge in [0.2, 0.25) is 5.95 Å². The van der Waals surface area contributed by atoms with E-state index in [0.29, 0.717) is 12.1 Å². The molecule has 1 heterocycles. The highest BCUT2D eigenvalue weighted by Crippen LogP contribution is 2.38. The minimum absolute atomic E-state index is 0.605. The van der Waals surface area contributed by atoms with Crippen molar-refractivity contribution in [3.05, 3.63) is 11.9 Å². The summed E-state index contributed by atoms with van der Waals surface area (Å²) in [6, 6.07) is 1.32. The zero-order chi connectivity index (χ0) is 12.7. The van der Waals surface area contributed by atoms with Crippen LogP contribution in [0, 0.1) is 18.8 Å². The zero-order valence-corrected chi connectivity index (χ0v) is 11.8. The second kappa shape index (κ2) is 4.60. The van der Waals surface area contributed by atoms with Crippen molar-refractivity contribution in [2.45, 2.75) is 65.0 Å². The topological polar surface area (TPSA) is 29.9 Å². The van der Waals surface area contributed by atoms with Gasteiger partial charge in [-0.25, -0.2) is 4.98 Å². The number of nitrogens with zero attached hydrogens (tertiary/aromatic N) is 2. The van der Waals surface area contributed by atoms with Crippen LogP contribution in [-0.4, -0.2) is 15.6 Å². The molecule has 0 aliphatic heterocycles. The Labute approximate surface area is 110 Å². The van der Waals surface area contributed by atoms with Crippen molar-refractivity contribution in [1.29, 1.82) is 0 Å². The minimum atomic E-state index is 0.605. The summed E-state index contributed by atoms with van der Waals surface area (Å²) in [4.78, 5) is 4.68. The molecule has 0 saturated heterocycles. The van der Waals surface area contributed by atoms with Crippen LogP contribution >= 0.6 is 0 Å². The fraction of sp³-hybridized carbons (Fsp3) is 0.800. The SMILES string of the molecule is Cc1cn(C2CC2)c(NC2CCCC(C)C2C)n1. The van der Waals surface area contributed by atoms with Crippen LogP contribution in [0.5, 0.6) is 0 Å². The average Bonchev–Trinajstić information content (AvgIpc) is 3.10. The van der Waals surface area contributed by atoms with Crippen molar-refractivity contribution in [2.75, 3.05) is 5.32 Å². The van der Waals surface area contributed by atoms with E-state index in [2.05, 4.69) is 41.8 Å².